The molecular formula is C7H12NOW2Y-3. The van der Waals surface area contributed by atoms with Crippen LogP contribution in [0.3, 0.4) is 0 Å². The number of rotatable bonds is 1. The Morgan fingerprint density at radius 2 is 1.92 bits per heavy atom. The molecule has 0 aromatic heterocycles. The fourth-order valence-electron chi connectivity index (χ4n) is 0. The van der Waals surface area contributed by atoms with Gasteiger partial charge in [-0.2, -0.15) is 6.42 Å². The number of hydrogen-bond donors (Lipinski definition) is 2. The largest absolute Gasteiger partial charge is 0.344 e. The van der Waals surface area contributed by atoms with Gasteiger partial charge in [0.25, 0.3) is 0 Å². The molecule has 0 aromatic carbocycles. The van der Waals surface area contributed by atoms with Crippen LogP contribution in [0, 0.1) is 13.5 Å². The summed E-state index contributed by atoms with van der Waals surface area (Å²) in [5.74, 6) is 0. The van der Waals surface area contributed by atoms with Gasteiger partial charge in [-0.25, -0.2) is 0 Å². The predicted octanol–water partition coefficient (Wildman–Crippen LogP) is 0.381. The van der Waals surface area contributed by atoms with Crippen LogP contribution in [0.25, 0.3) is 0 Å². The van der Waals surface area contributed by atoms with E-state index in [2.05, 4.69) is 17.2 Å². The van der Waals surface area contributed by atoms with Crippen LogP contribution in [0.4, 0.5) is 0 Å². The zero-order valence-corrected chi connectivity index (χ0v) is 15.7. The maximum absolute atomic E-state index is 8.13. The zero-order valence-electron chi connectivity index (χ0n) is 6.99. The van der Waals surface area contributed by atoms with Gasteiger partial charge in [-0.05, 0) is 0 Å². The van der Waals surface area contributed by atoms with Crippen molar-refractivity contribution in [2.45, 2.75) is 13.3 Å². The van der Waals surface area contributed by atoms with Gasteiger partial charge in [0.1, 0.15) is 0 Å². The third-order valence-electron chi connectivity index (χ3n) is 0.143. The molecule has 0 fully saturated rings. The first-order valence-corrected chi connectivity index (χ1v) is 5.68. The average molecular weight is 583 g/mol. The third-order valence-corrected chi connectivity index (χ3v) is 0.631. The first-order valence-electron chi connectivity index (χ1n) is 2.75. The standard InChI is InChI=1S/C3H3O.C3H7.CH2N.2W.Y/c1-2-3-4;1-3-2;1-2;;;/h1-2,4H;1,3H2,2H3;2H2;;;/q3*-1;;;. The molecule has 0 saturated heterocycles. The van der Waals surface area contributed by atoms with Gasteiger partial charge in [0.2, 0.25) is 0 Å². The number of hydrogen-bond acceptors (Lipinski definition) is 2. The molecule has 5 heteroatoms. The fraction of sp³-hybridized carbons (Fsp3) is 0.286. The van der Waals surface area contributed by atoms with E-state index < -0.39 is 0 Å². The molecule has 0 unspecified atom stereocenters. The molecule has 0 aliphatic heterocycles. The Kier molecular flexibility index (Phi) is 57.5. The van der Waals surface area contributed by atoms with Crippen LogP contribution < -0.4 is 5.73 Å². The Balaban J connectivity index is -0.0000000406. The molecule has 0 aliphatic carbocycles. The maximum atomic E-state index is 8.13. The molecule has 0 heterocycles. The van der Waals surface area contributed by atoms with Crippen LogP contribution >= 0.6 is 0 Å². The van der Waals surface area contributed by atoms with E-state index in [1.54, 1.807) is 0 Å². The van der Waals surface area contributed by atoms with Crippen molar-refractivity contribution in [1.82, 2.24) is 0 Å². The first kappa shape index (κ1) is 23.6. The van der Waals surface area contributed by atoms with E-state index >= 15 is 0 Å². The minimum absolute atomic E-state index is 0. The molecular weight excluding hydrogens is 571 g/mol. The summed E-state index contributed by atoms with van der Waals surface area (Å²) >= 11 is 2.20. The van der Waals surface area contributed by atoms with Gasteiger partial charge in [0.15, 0.2) is 0 Å². The molecule has 0 aliphatic rings. The van der Waals surface area contributed by atoms with Crippen molar-refractivity contribution >= 4 is 8.61 Å². The Labute approximate surface area is 122 Å². The van der Waals surface area contributed by atoms with E-state index in [-0.39, 0.29) is 36.8 Å². The molecule has 2 nitrogen and oxygen atoms in total. The SMILES string of the molecule is N[C-]=[W].[CH-]=C[C](O)=[W].[CH2-]CC.[Y]. The topological polar surface area (TPSA) is 46.2 Å². The van der Waals surface area contributed by atoms with Crippen LogP contribution in [0.5, 0.6) is 0 Å². The van der Waals surface area contributed by atoms with Crippen molar-refractivity contribution in [3.63, 3.8) is 0 Å². The van der Waals surface area contributed by atoms with Gasteiger partial charge < -0.3 is 6.92 Å². The summed E-state index contributed by atoms with van der Waals surface area (Å²) in [4.78, 5) is 0. The number of aliphatic hydroxyl groups excluding tert-OH is 1. The Bertz CT molecular complexity index is 110. The number of nitrogens with two attached hydrogens (primary N) is 1. The van der Waals surface area contributed by atoms with E-state index in [4.69, 9.17) is 11.7 Å². The van der Waals surface area contributed by atoms with Gasteiger partial charge in [0, 0.05) is 32.7 Å². The van der Waals surface area contributed by atoms with E-state index in [1.807, 2.05) is 6.92 Å². The van der Waals surface area contributed by atoms with Crippen LogP contribution in [0.1, 0.15) is 13.3 Å². The summed E-state index contributed by atoms with van der Waals surface area (Å²) in [6, 6.07) is 0. The summed E-state index contributed by atoms with van der Waals surface area (Å²) in [6.45, 7) is 10.3. The Morgan fingerprint density at radius 1 is 1.83 bits per heavy atom. The quantitative estimate of drug-likeness (QED) is 0.347. The first-order chi connectivity index (χ1) is 5.10. The second-order valence-electron chi connectivity index (χ2n) is 1.12. The molecule has 0 saturated carbocycles. The van der Waals surface area contributed by atoms with Crippen molar-refractivity contribution in [3.05, 3.63) is 19.6 Å². The summed E-state index contributed by atoms with van der Waals surface area (Å²) in [6.07, 6.45) is 2.18. The van der Waals surface area contributed by atoms with E-state index in [1.165, 1.54) is 25.4 Å². The molecule has 0 bridgehead atoms. The smallest absolute Gasteiger partial charge is 0 e. The van der Waals surface area contributed by atoms with Crippen molar-refractivity contribution in [2.24, 2.45) is 5.73 Å². The Hall–Kier alpha value is 1.88. The van der Waals surface area contributed by atoms with Gasteiger partial charge in [-0.1, -0.05) is 6.92 Å². The minimum atomic E-state index is 0. The van der Waals surface area contributed by atoms with Crippen LogP contribution in [-0.4, -0.2) is 13.7 Å². The number of aliphatic hydroxyl groups is 1. The normalized spacial score (nSPS) is 5.33. The van der Waals surface area contributed by atoms with Crippen molar-refractivity contribution in [3.8, 4) is 0 Å². The van der Waals surface area contributed by atoms with E-state index in [0.29, 0.717) is 0 Å². The molecule has 1 radical (unpaired) electrons. The minimum Gasteiger partial charge on any atom is -0.344 e. The second kappa shape index (κ2) is 29.3. The predicted molar refractivity (Wildman–Crippen MR) is 40.7 cm³/mol. The fourth-order valence-corrected chi connectivity index (χ4v) is 0. The second-order valence-corrected chi connectivity index (χ2v) is 3.47. The maximum Gasteiger partial charge on any atom is 0 e. The van der Waals surface area contributed by atoms with Crippen LogP contribution in [-0.2, 0) is 71.4 Å². The monoisotopic (exact) mass is 583 g/mol. The molecule has 0 atom stereocenters. The van der Waals surface area contributed by atoms with Gasteiger partial charge in [-0.15, -0.1) is 0 Å². The van der Waals surface area contributed by atoms with E-state index in [9.17, 15) is 0 Å². The van der Waals surface area contributed by atoms with Gasteiger partial charge in [0.05, 0.1) is 0 Å². The summed E-state index contributed by atoms with van der Waals surface area (Å²) < 4.78 is 2.57. The molecule has 3 N–H and O–H groups in total. The average Bonchev–Trinajstić information content (AvgIpc) is 1.91. The molecule has 0 amide bonds. The summed E-state index contributed by atoms with van der Waals surface area (Å²) in [7, 11) is 0. The third kappa shape index (κ3) is 93.4. The van der Waals surface area contributed by atoms with Crippen molar-refractivity contribution < 1.29 is 76.5 Å². The molecule has 0 spiro atoms. The molecule has 0 aromatic rings. The van der Waals surface area contributed by atoms with Gasteiger partial charge in [-0.3, -0.25) is 0 Å². The van der Waals surface area contributed by atoms with E-state index in [0.717, 1.165) is 25.8 Å². The zero-order chi connectivity index (χ0) is 9.70. The summed E-state index contributed by atoms with van der Waals surface area (Å²) in [5.41, 5.74) is 4.63. The molecule has 12 heavy (non-hydrogen) atoms. The van der Waals surface area contributed by atoms with Crippen LogP contribution in [0.2, 0.25) is 0 Å². The molecule has 69 valence electrons. The van der Waals surface area contributed by atoms with Gasteiger partial charge >= 0.3 is 70.8 Å². The summed E-state index contributed by atoms with van der Waals surface area (Å²) in [5, 5.41) is 8.13. The molecule has 0 rings (SSSR count). The van der Waals surface area contributed by atoms with Crippen molar-refractivity contribution in [2.75, 3.05) is 0 Å². The van der Waals surface area contributed by atoms with Crippen LogP contribution in [0.15, 0.2) is 6.08 Å². The Morgan fingerprint density at radius 3 is 1.92 bits per heavy atom. The van der Waals surface area contributed by atoms with Crippen molar-refractivity contribution in [1.29, 1.82) is 0 Å².